The van der Waals surface area contributed by atoms with Gasteiger partial charge in [0.1, 0.15) is 0 Å². The highest BCUT2D eigenvalue weighted by atomic mass is 35.5. The Bertz CT molecular complexity index is 442. The molecule has 0 unspecified atom stereocenters. The van der Waals surface area contributed by atoms with E-state index in [0.29, 0.717) is 22.2 Å². The normalized spacial score (nSPS) is 10.7. The Hall–Kier alpha value is -0.730. The standard InChI is InChI=1S/C19H29Cl2NO/c1-2-3-4-5-6-7-8-9-10-11-15-22-19(23)18-16(20)13-12-14-17(18)21/h12-14H,2-11,15H2,1H3,(H,22,23). The molecular formula is C19H29Cl2NO. The molecule has 1 aromatic carbocycles. The first-order valence-corrected chi connectivity index (χ1v) is 9.64. The van der Waals surface area contributed by atoms with Crippen molar-refractivity contribution in [2.75, 3.05) is 6.54 Å². The second-order valence-corrected chi connectivity index (χ2v) is 6.85. The number of carbonyl (C=O) groups is 1. The first-order valence-electron chi connectivity index (χ1n) is 8.89. The van der Waals surface area contributed by atoms with Gasteiger partial charge in [0.15, 0.2) is 0 Å². The van der Waals surface area contributed by atoms with Crippen LogP contribution in [0, 0.1) is 0 Å². The Balaban J connectivity index is 2.04. The van der Waals surface area contributed by atoms with Crippen LogP contribution in [0.2, 0.25) is 10.0 Å². The molecule has 130 valence electrons. The van der Waals surface area contributed by atoms with E-state index in [1.165, 1.54) is 51.4 Å². The van der Waals surface area contributed by atoms with Gasteiger partial charge in [-0.2, -0.15) is 0 Å². The molecule has 1 rings (SSSR count). The van der Waals surface area contributed by atoms with Gasteiger partial charge in [0.2, 0.25) is 0 Å². The maximum Gasteiger partial charge on any atom is 0.254 e. The first kappa shape index (κ1) is 20.3. The molecule has 1 N–H and O–H groups in total. The first-order chi connectivity index (χ1) is 11.2. The molecule has 0 aromatic heterocycles. The Kier molecular flexibility index (Phi) is 11.2. The summed E-state index contributed by atoms with van der Waals surface area (Å²) in [6.45, 7) is 2.93. The van der Waals surface area contributed by atoms with Crippen molar-refractivity contribution < 1.29 is 4.79 Å². The van der Waals surface area contributed by atoms with E-state index in [1.807, 2.05) is 0 Å². The van der Waals surface area contributed by atoms with Crippen LogP contribution in [-0.4, -0.2) is 12.5 Å². The van der Waals surface area contributed by atoms with Gasteiger partial charge in [0, 0.05) is 6.54 Å². The summed E-state index contributed by atoms with van der Waals surface area (Å²) >= 11 is 12.0. The number of carbonyl (C=O) groups excluding carboxylic acids is 1. The van der Waals surface area contributed by atoms with Crippen LogP contribution in [0.3, 0.4) is 0 Å². The van der Waals surface area contributed by atoms with Gasteiger partial charge in [0.05, 0.1) is 15.6 Å². The minimum Gasteiger partial charge on any atom is -0.352 e. The summed E-state index contributed by atoms with van der Waals surface area (Å²) in [4.78, 5) is 12.1. The van der Waals surface area contributed by atoms with E-state index in [1.54, 1.807) is 18.2 Å². The van der Waals surface area contributed by atoms with Crippen molar-refractivity contribution in [3.63, 3.8) is 0 Å². The van der Waals surface area contributed by atoms with Crippen LogP contribution in [0.5, 0.6) is 0 Å². The van der Waals surface area contributed by atoms with Gasteiger partial charge in [-0.1, -0.05) is 94.0 Å². The number of unbranched alkanes of at least 4 members (excludes halogenated alkanes) is 9. The van der Waals surface area contributed by atoms with Crippen molar-refractivity contribution >= 4 is 29.1 Å². The second kappa shape index (κ2) is 12.7. The fourth-order valence-electron chi connectivity index (χ4n) is 2.62. The van der Waals surface area contributed by atoms with E-state index >= 15 is 0 Å². The van der Waals surface area contributed by atoms with Crippen molar-refractivity contribution in [2.45, 2.75) is 71.1 Å². The second-order valence-electron chi connectivity index (χ2n) is 6.03. The Morgan fingerprint density at radius 1 is 0.870 bits per heavy atom. The van der Waals surface area contributed by atoms with Crippen LogP contribution >= 0.6 is 23.2 Å². The fraction of sp³-hybridized carbons (Fsp3) is 0.632. The van der Waals surface area contributed by atoms with E-state index < -0.39 is 0 Å². The topological polar surface area (TPSA) is 29.1 Å². The van der Waals surface area contributed by atoms with Crippen LogP contribution in [0.15, 0.2) is 18.2 Å². The van der Waals surface area contributed by atoms with Gasteiger partial charge in [-0.25, -0.2) is 0 Å². The quantitative estimate of drug-likeness (QED) is 0.417. The van der Waals surface area contributed by atoms with Gasteiger partial charge in [-0.05, 0) is 18.6 Å². The Morgan fingerprint density at radius 3 is 1.87 bits per heavy atom. The molecule has 0 radical (unpaired) electrons. The average molecular weight is 358 g/mol. The molecule has 0 aliphatic rings. The Labute approximate surface area is 150 Å². The van der Waals surface area contributed by atoms with Crippen molar-refractivity contribution in [2.24, 2.45) is 0 Å². The van der Waals surface area contributed by atoms with Crippen LogP contribution < -0.4 is 5.32 Å². The predicted octanol–water partition coefficient (Wildman–Crippen LogP) is 6.64. The molecular weight excluding hydrogens is 329 g/mol. The van der Waals surface area contributed by atoms with Crippen LogP contribution in [0.25, 0.3) is 0 Å². The summed E-state index contributed by atoms with van der Waals surface area (Å²) in [7, 11) is 0. The zero-order valence-electron chi connectivity index (χ0n) is 14.2. The smallest absolute Gasteiger partial charge is 0.254 e. The highest BCUT2D eigenvalue weighted by Crippen LogP contribution is 2.23. The summed E-state index contributed by atoms with van der Waals surface area (Å²) < 4.78 is 0. The molecule has 0 atom stereocenters. The van der Waals surface area contributed by atoms with Gasteiger partial charge in [-0.15, -0.1) is 0 Å². The minimum atomic E-state index is -0.184. The van der Waals surface area contributed by atoms with Gasteiger partial charge < -0.3 is 5.32 Å². The molecule has 0 heterocycles. The molecule has 2 nitrogen and oxygen atoms in total. The number of amides is 1. The number of hydrogen-bond donors (Lipinski definition) is 1. The van der Waals surface area contributed by atoms with Crippen LogP contribution in [-0.2, 0) is 0 Å². The lowest BCUT2D eigenvalue weighted by Crippen LogP contribution is -2.25. The molecule has 1 amide bonds. The fourth-order valence-corrected chi connectivity index (χ4v) is 3.19. The third-order valence-corrected chi connectivity index (χ3v) is 4.64. The van der Waals surface area contributed by atoms with Crippen molar-refractivity contribution in [1.82, 2.24) is 5.32 Å². The zero-order chi connectivity index (χ0) is 16.9. The van der Waals surface area contributed by atoms with Gasteiger partial charge in [-0.3, -0.25) is 4.79 Å². The summed E-state index contributed by atoms with van der Waals surface area (Å²) in [5.41, 5.74) is 0.378. The van der Waals surface area contributed by atoms with E-state index in [2.05, 4.69) is 12.2 Å². The van der Waals surface area contributed by atoms with Gasteiger partial charge >= 0.3 is 0 Å². The molecule has 23 heavy (non-hydrogen) atoms. The monoisotopic (exact) mass is 357 g/mol. The number of rotatable bonds is 12. The van der Waals surface area contributed by atoms with E-state index in [4.69, 9.17) is 23.2 Å². The summed E-state index contributed by atoms with van der Waals surface area (Å²) in [6, 6.07) is 5.11. The molecule has 4 heteroatoms. The van der Waals surface area contributed by atoms with Crippen molar-refractivity contribution in [3.05, 3.63) is 33.8 Å². The largest absolute Gasteiger partial charge is 0.352 e. The lowest BCUT2D eigenvalue weighted by Gasteiger charge is -2.08. The van der Waals surface area contributed by atoms with E-state index in [9.17, 15) is 4.79 Å². The Morgan fingerprint density at radius 2 is 1.35 bits per heavy atom. The summed E-state index contributed by atoms with van der Waals surface area (Å²) in [6.07, 6.45) is 12.9. The lowest BCUT2D eigenvalue weighted by molar-refractivity contribution is 0.0953. The van der Waals surface area contributed by atoms with E-state index in [-0.39, 0.29) is 5.91 Å². The van der Waals surface area contributed by atoms with Crippen LogP contribution in [0.1, 0.15) is 81.5 Å². The molecule has 0 saturated heterocycles. The van der Waals surface area contributed by atoms with Crippen molar-refractivity contribution in [1.29, 1.82) is 0 Å². The number of halogens is 2. The van der Waals surface area contributed by atoms with E-state index in [0.717, 1.165) is 12.8 Å². The SMILES string of the molecule is CCCCCCCCCCCCNC(=O)c1c(Cl)cccc1Cl. The molecule has 0 bridgehead atoms. The van der Waals surface area contributed by atoms with Crippen LogP contribution in [0.4, 0.5) is 0 Å². The molecule has 0 spiro atoms. The predicted molar refractivity (Wildman–Crippen MR) is 101 cm³/mol. The lowest BCUT2D eigenvalue weighted by atomic mass is 10.1. The molecule has 0 aliphatic heterocycles. The zero-order valence-corrected chi connectivity index (χ0v) is 15.7. The van der Waals surface area contributed by atoms with Crippen molar-refractivity contribution in [3.8, 4) is 0 Å². The minimum absolute atomic E-state index is 0.184. The highest BCUT2D eigenvalue weighted by molar-refractivity contribution is 6.39. The maximum absolute atomic E-state index is 12.1. The third kappa shape index (κ3) is 8.62. The number of nitrogens with one attached hydrogen (secondary N) is 1. The third-order valence-electron chi connectivity index (χ3n) is 4.01. The number of benzene rings is 1. The summed E-state index contributed by atoms with van der Waals surface area (Å²) in [5, 5.41) is 3.70. The average Bonchev–Trinajstić information content (AvgIpc) is 2.52. The number of hydrogen-bond acceptors (Lipinski definition) is 1. The molecule has 0 aliphatic carbocycles. The maximum atomic E-state index is 12.1. The molecule has 0 saturated carbocycles. The summed E-state index contributed by atoms with van der Waals surface area (Å²) in [5.74, 6) is -0.184. The highest BCUT2D eigenvalue weighted by Gasteiger charge is 2.13. The molecule has 1 aromatic rings. The van der Waals surface area contributed by atoms with Gasteiger partial charge in [0.25, 0.3) is 5.91 Å². The molecule has 0 fully saturated rings.